The van der Waals surface area contributed by atoms with Crippen LogP contribution in [0.1, 0.15) is 0 Å². The molecule has 4 atom stereocenters. The van der Waals surface area contributed by atoms with Crippen LogP contribution in [0.4, 0.5) is 0 Å². The molecule has 5 nitrogen and oxygen atoms in total. The summed E-state index contributed by atoms with van der Waals surface area (Å²) in [5.41, 5.74) is 0. The second kappa shape index (κ2) is 6.58. The molecule has 0 unspecified atom stereocenters. The molecule has 0 amide bonds. The Bertz CT molecular complexity index is 400. The van der Waals surface area contributed by atoms with Gasteiger partial charge in [0, 0.05) is 16.7 Å². The summed E-state index contributed by atoms with van der Waals surface area (Å²) < 4.78 is 5.08. The summed E-state index contributed by atoms with van der Waals surface area (Å²) in [4.78, 5) is 1.07. The number of hydrogen-bond acceptors (Lipinski definition) is 6. The molecule has 0 saturated carbocycles. The van der Waals surface area contributed by atoms with Crippen molar-refractivity contribution in [2.45, 2.75) is 29.2 Å². The van der Waals surface area contributed by atoms with Crippen molar-refractivity contribution in [3.05, 3.63) is 24.3 Å². The predicted molar refractivity (Wildman–Crippen MR) is 73.5 cm³/mol. The highest BCUT2D eigenvalue weighted by molar-refractivity contribution is 7.99. The Morgan fingerprint density at radius 3 is 2.32 bits per heavy atom. The van der Waals surface area contributed by atoms with E-state index in [1.54, 1.807) is 18.9 Å². The molecule has 4 N–H and O–H groups in total. The van der Waals surface area contributed by atoms with E-state index >= 15 is 0 Å². The molecule has 0 radical (unpaired) electrons. The molecule has 1 fully saturated rings. The first kappa shape index (κ1) is 14.6. The number of aliphatic hydroxyl groups excluding tert-OH is 3. The molecule has 0 aromatic heterocycles. The fraction of sp³-hybridized carbons (Fsp3) is 0.538. The van der Waals surface area contributed by atoms with Crippen molar-refractivity contribution in [1.29, 1.82) is 0 Å². The van der Waals surface area contributed by atoms with Gasteiger partial charge in [-0.1, -0.05) is 0 Å². The Labute approximate surface area is 116 Å². The molecule has 1 aromatic rings. The topological polar surface area (TPSA) is 82.0 Å². The average molecular weight is 285 g/mol. The Kier molecular flexibility index (Phi) is 5.06. The fourth-order valence-electron chi connectivity index (χ4n) is 2.11. The second-order valence-electron chi connectivity index (χ2n) is 4.53. The van der Waals surface area contributed by atoms with Crippen LogP contribution in [0.5, 0.6) is 5.75 Å². The normalized spacial score (nSPS) is 30.5. The van der Waals surface area contributed by atoms with Crippen molar-refractivity contribution >= 4 is 11.8 Å². The number of rotatable bonds is 5. The zero-order valence-corrected chi connectivity index (χ0v) is 11.5. The molecule has 2 rings (SSSR count). The van der Waals surface area contributed by atoms with Gasteiger partial charge >= 0.3 is 0 Å². The van der Waals surface area contributed by atoms with E-state index in [1.165, 1.54) is 0 Å². The van der Waals surface area contributed by atoms with Crippen molar-refractivity contribution in [1.82, 2.24) is 5.32 Å². The first-order chi connectivity index (χ1) is 9.15. The Morgan fingerprint density at radius 2 is 1.79 bits per heavy atom. The summed E-state index contributed by atoms with van der Waals surface area (Å²) in [5, 5.41) is 31.7. The third-order valence-electron chi connectivity index (χ3n) is 3.29. The lowest BCUT2D eigenvalue weighted by molar-refractivity contribution is 0.0219. The highest BCUT2D eigenvalue weighted by Crippen LogP contribution is 2.25. The fourth-order valence-corrected chi connectivity index (χ4v) is 3.11. The number of aliphatic hydroxyl groups is 3. The predicted octanol–water partition coefficient (Wildman–Crippen LogP) is -0.158. The van der Waals surface area contributed by atoms with Gasteiger partial charge in [0.15, 0.2) is 0 Å². The summed E-state index contributed by atoms with van der Waals surface area (Å²) in [6, 6.07) is 6.99. The van der Waals surface area contributed by atoms with Crippen LogP contribution >= 0.6 is 11.8 Å². The molecular formula is C13H19NO4S. The first-order valence-electron chi connectivity index (χ1n) is 6.15. The molecule has 1 saturated heterocycles. The Hall–Kier alpha value is -0.790. The smallest absolute Gasteiger partial charge is 0.118 e. The maximum Gasteiger partial charge on any atom is 0.118 e. The summed E-state index contributed by atoms with van der Waals surface area (Å²) in [6.45, 7) is -0.179. The van der Waals surface area contributed by atoms with Crippen molar-refractivity contribution < 1.29 is 20.1 Å². The van der Waals surface area contributed by atoms with E-state index in [-0.39, 0.29) is 12.6 Å². The van der Waals surface area contributed by atoms with Crippen LogP contribution in [0.15, 0.2) is 29.2 Å². The van der Waals surface area contributed by atoms with Crippen LogP contribution in [-0.4, -0.2) is 59.1 Å². The van der Waals surface area contributed by atoms with Crippen molar-refractivity contribution in [3.63, 3.8) is 0 Å². The van der Waals surface area contributed by atoms with E-state index in [0.717, 1.165) is 10.6 Å². The van der Waals surface area contributed by atoms with Crippen molar-refractivity contribution in [2.75, 3.05) is 19.5 Å². The number of nitrogens with one attached hydrogen (secondary N) is 1. The van der Waals surface area contributed by atoms with Gasteiger partial charge in [0.2, 0.25) is 0 Å². The summed E-state index contributed by atoms with van der Waals surface area (Å²) in [7, 11) is 1.62. The van der Waals surface area contributed by atoms with Crippen LogP contribution in [0, 0.1) is 0 Å². The SMILES string of the molecule is COc1ccc(SC[C@@H]2N[C@H](CO)[C@@H](O)[C@@H]2O)cc1. The first-order valence-corrected chi connectivity index (χ1v) is 7.14. The monoisotopic (exact) mass is 285 g/mol. The largest absolute Gasteiger partial charge is 0.497 e. The zero-order chi connectivity index (χ0) is 13.8. The summed E-state index contributed by atoms with van der Waals surface area (Å²) in [6.07, 6.45) is -1.76. The van der Waals surface area contributed by atoms with Crippen LogP contribution in [0.2, 0.25) is 0 Å². The van der Waals surface area contributed by atoms with Gasteiger partial charge in [-0.15, -0.1) is 11.8 Å². The molecular weight excluding hydrogens is 266 g/mol. The maximum absolute atomic E-state index is 9.86. The Morgan fingerprint density at radius 1 is 1.16 bits per heavy atom. The number of benzene rings is 1. The lowest BCUT2D eigenvalue weighted by Gasteiger charge is -2.15. The van der Waals surface area contributed by atoms with Gasteiger partial charge in [-0.25, -0.2) is 0 Å². The number of ether oxygens (including phenoxy) is 1. The van der Waals surface area contributed by atoms with E-state index in [4.69, 9.17) is 9.84 Å². The van der Waals surface area contributed by atoms with Gasteiger partial charge in [0.05, 0.1) is 32.0 Å². The van der Waals surface area contributed by atoms with Gasteiger partial charge in [-0.3, -0.25) is 0 Å². The third-order valence-corrected chi connectivity index (χ3v) is 4.42. The van der Waals surface area contributed by atoms with Gasteiger partial charge in [-0.2, -0.15) is 0 Å². The van der Waals surface area contributed by atoms with Gasteiger partial charge in [0.25, 0.3) is 0 Å². The third kappa shape index (κ3) is 3.40. The quantitative estimate of drug-likeness (QED) is 0.563. The molecule has 1 aliphatic heterocycles. The molecule has 0 spiro atoms. The van der Waals surface area contributed by atoms with Crippen LogP contribution < -0.4 is 10.1 Å². The summed E-state index contributed by atoms with van der Waals surface area (Å²) in [5.74, 6) is 1.43. The molecule has 19 heavy (non-hydrogen) atoms. The number of hydrogen-bond donors (Lipinski definition) is 4. The van der Waals surface area contributed by atoms with E-state index in [2.05, 4.69) is 5.32 Å². The minimum Gasteiger partial charge on any atom is -0.497 e. The number of methoxy groups -OCH3 is 1. The molecule has 1 heterocycles. The van der Waals surface area contributed by atoms with Gasteiger partial charge in [0.1, 0.15) is 5.75 Å². The zero-order valence-electron chi connectivity index (χ0n) is 10.7. The number of thioether (sulfide) groups is 1. The molecule has 1 aromatic carbocycles. The molecule has 0 aliphatic carbocycles. The molecule has 1 aliphatic rings. The average Bonchev–Trinajstić information content (AvgIpc) is 2.73. The Balaban J connectivity index is 1.88. The van der Waals surface area contributed by atoms with Crippen molar-refractivity contribution in [3.8, 4) is 5.75 Å². The summed E-state index contributed by atoms with van der Waals surface area (Å²) >= 11 is 1.58. The van der Waals surface area contributed by atoms with Crippen LogP contribution in [0.3, 0.4) is 0 Å². The molecule has 106 valence electrons. The highest BCUT2D eigenvalue weighted by Gasteiger charge is 2.40. The van der Waals surface area contributed by atoms with E-state index in [9.17, 15) is 10.2 Å². The molecule has 6 heteroatoms. The van der Waals surface area contributed by atoms with E-state index in [1.807, 2.05) is 24.3 Å². The van der Waals surface area contributed by atoms with Crippen LogP contribution in [-0.2, 0) is 0 Å². The van der Waals surface area contributed by atoms with E-state index in [0.29, 0.717) is 5.75 Å². The lowest BCUT2D eigenvalue weighted by atomic mass is 10.1. The van der Waals surface area contributed by atoms with Crippen LogP contribution in [0.25, 0.3) is 0 Å². The van der Waals surface area contributed by atoms with E-state index < -0.39 is 18.2 Å². The maximum atomic E-state index is 9.86. The second-order valence-corrected chi connectivity index (χ2v) is 5.62. The van der Waals surface area contributed by atoms with Gasteiger partial charge in [-0.05, 0) is 24.3 Å². The minimum atomic E-state index is -0.911. The minimum absolute atomic E-state index is 0.179. The lowest BCUT2D eigenvalue weighted by Crippen LogP contribution is -2.37. The molecule has 0 bridgehead atoms. The highest BCUT2D eigenvalue weighted by atomic mass is 32.2. The standard InChI is InChI=1S/C13H19NO4S/c1-18-8-2-4-9(5-3-8)19-7-11-13(17)12(16)10(6-15)14-11/h2-5,10-17H,6-7H2,1H3/t10-,11+,12-,13-/m1/s1. The van der Waals surface area contributed by atoms with Gasteiger partial charge < -0.3 is 25.4 Å². The van der Waals surface area contributed by atoms with Crippen molar-refractivity contribution in [2.24, 2.45) is 0 Å².